The van der Waals surface area contributed by atoms with E-state index in [0.29, 0.717) is 23.2 Å². The summed E-state index contributed by atoms with van der Waals surface area (Å²) < 4.78 is 13.2. The number of aliphatic hydroxyl groups excluding tert-OH is 1. The summed E-state index contributed by atoms with van der Waals surface area (Å²) in [5, 5.41) is 10.7. The molecule has 0 aromatic heterocycles. The van der Waals surface area contributed by atoms with E-state index in [1.807, 2.05) is 0 Å². The van der Waals surface area contributed by atoms with Gasteiger partial charge >= 0.3 is 0 Å². The maximum atomic E-state index is 13.2. The fraction of sp³-hybridized carbons (Fsp3) is 0.360. The first kappa shape index (κ1) is 21.8. The van der Waals surface area contributed by atoms with Gasteiger partial charge in [0.1, 0.15) is 11.6 Å². The highest BCUT2D eigenvalue weighted by atomic mass is 19.1. The van der Waals surface area contributed by atoms with E-state index in [2.05, 4.69) is 6.92 Å². The van der Waals surface area contributed by atoms with Gasteiger partial charge < -0.3 is 5.11 Å². The van der Waals surface area contributed by atoms with Crippen LogP contribution < -0.4 is 4.90 Å². The molecule has 0 spiro atoms. The molecule has 30 heavy (non-hydrogen) atoms. The molecule has 0 aliphatic carbocycles. The highest BCUT2D eigenvalue weighted by Crippen LogP contribution is 2.40. The molecule has 4 nitrogen and oxygen atoms in total. The van der Waals surface area contributed by atoms with Crippen LogP contribution in [0.1, 0.15) is 69.4 Å². The van der Waals surface area contributed by atoms with Gasteiger partial charge in [-0.2, -0.15) is 0 Å². The number of carbonyl (C=O) groups is 2. The largest absolute Gasteiger partial charge is 0.506 e. The van der Waals surface area contributed by atoms with Crippen LogP contribution in [0.5, 0.6) is 0 Å². The lowest BCUT2D eigenvalue weighted by atomic mass is 10.0. The molecule has 0 saturated heterocycles. The number of nitrogens with zero attached hydrogens (tertiary/aromatic N) is 1. The van der Waals surface area contributed by atoms with Crippen molar-refractivity contribution in [2.45, 2.75) is 58.3 Å². The number of unbranched alkanes of at least 4 members (excludes halogenated alkanes) is 6. The first-order chi connectivity index (χ1) is 14.5. The van der Waals surface area contributed by atoms with Crippen molar-refractivity contribution in [2.24, 2.45) is 0 Å². The molecule has 0 bridgehead atoms. The van der Waals surface area contributed by atoms with Crippen LogP contribution in [-0.2, 0) is 9.59 Å². The Morgan fingerprint density at radius 3 is 2.27 bits per heavy atom. The maximum absolute atomic E-state index is 13.2. The van der Waals surface area contributed by atoms with Crippen molar-refractivity contribution >= 4 is 28.8 Å². The number of anilines is 1. The van der Waals surface area contributed by atoms with Gasteiger partial charge in [0.15, 0.2) is 0 Å². The molecule has 0 fully saturated rings. The topological polar surface area (TPSA) is 57.6 Å². The summed E-state index contributed by atoms with van der Waals surface area (Å²) in [6.45, 7) is 2.18. The quantitative estimate of drug-likeness (QED) is 0.302. The molecule has 2 aromatic carbocycles. The number of benzene rings is 2. The molecule has 1 aliphatic heterocycles. The molecule has 0 atom stereocenters. The normalized spacial score (nSPS) is 14.7. The number of hydrogen-bond acceptors (Lipinski definition) is 3. The third-order valence-electron chi connectivity index (χ3n) is 5.43. The second-order valence-corrected chi connectivity index (χ2v) is 7.65. The van der Waals surface area contributed by atoms with Crippen LogP contribution >= 0.6 is 0 Å². The highest BCUT2D eigenvalue weighted by Gasteiger charge is 2.38. The maximum Gasteiger partial charge on any atom is 0.269 e. The molecular weight excluding hydrogens is 381 g/mol. The minimum Gasteiger partial charge on any atom is -0.506 e. The SMILES string of the molecule is CCCCCCCCCC(=O)N1C(=O)C(=C(O)c2ccc(F)cc2)c2ccccc21. The van der Waals surface area contributed by atoms with Gasteiger partial charge in [0.05, 0.1) is 11.3 Å². The number of fused-ring (bicyclic) bond motifs is 1. The van der Waals surface area contributed by atoms with E-state index >= 15 is 0 Å². The summed E-state index contributed by atoms with van der Waals surface area (Å²) >= 11 is 0. The number of hydrogen-bond donors (Lipinski definition) is 1. The van der Waals surface area contributed by atoms with Gasteiger partial charge in [0.2, 0.25) is 5.91 Å². The molecule has 0 radical (unpaired) electrons. The van der Waals surface area contributed by atoms with E-state index in [-0.39, 0.29) is 17.2 Å². The standard InChI is InChI=1S/C25H28FNO3/c1-2-3-4-5-6-7-8-13-22(28)27-21-12-10-9-11-20(21)23(25(27)30)24(29)18-14-16-19(26)17-15-18/h9-12,14-17,29H,2-8,13H2,1H3. The number of para-hydroxylation sites is 1. The van der Waals surface area contributed by atoms with Crippen molar-refractivity contribution in [3.63, 3.8) is 0 Å². The van der Waals surface area contributed by atoms with E-state index in [0.717, 1.165) is 19.3 Å². The third kappa shape index (κ3) is 4.78. The molecule has 1 aliphatic rings. The van der Waals surface area contributed by atoms with Gasteiger partial charge in [-0.05, 0) is 36.8 Å². The monoisotopic (exact) mass is 409 g/mol. The Labute approximate surface area is 177 Å². The fourth-order valence-corrected chi connectivity index (χ4v) is 3.79. The first-order valence-electron chi connectivity index (χ1n) is 10.7. The zero-order valence-electron chi connectivity index (χ0n) is 17.4. The number of halogens is 1. The number of carbonyl (C=O) groups excluding carboxylic acids is 2. The minimum absolute atomic E-state index is 0.0742. The van der Waals surface area contributed by atoms with Crippen molar-refractivity contribution in [1.29, 1.82) is 0 Å². The number of amides is 2. The third-order valence-corrected chi connectivity index (χ3v) is 5.43. The van der Waals surface area contributed by atoms with Crippen molar-refractivity contribution < 1.29 is 19.1 Å². The lowest BCUT2D eigenvalue weighted by Crippen LogP contribution is -2.33. The Hall–Kier alpha value is -2.95. The Bertz CT molecular complexity index is 934. The predicted octanol–water partition coefficient (Wildman–Crippen LogP) is 6.27. The smallest absolute Gasteiger partial charge is 0.269 e. The molecule has 1 N–H and O–H groups in total. The summed E-state index contributed by atoms with van der Waals surface area (Å²) in [6, 6.07) is 12.2. The van der Waals surface area contributed by atoms with Crippen molar-refractivity contribution in [3.05, 3.63) is 65.5 Å². The summed E-state index contributed by atoms with van der Waals surface area (Å²) in [5.74, 6) is -1.48. The van der Waals surface area contributed by atoms with Crippen molar-refractivity contribution in [2.75, 3.05) is 4.90 Å². The lowest BCUT2D eigenvalue weighted by Gasteiger charge is -2.15. The molecule has 5 heteroatoms. The van der Waals surface area contributed by atoms with E-state index in [4.69, 9.17) is 0 Å². The summed E-state index contributed by atoms with van der Waals surface area (Å²) in [6.07, 6.45) is 7.92. The molecule has 3 rings (SSSR count). The van der Waals surface area contributed by atoms with Crippen LogP contribution in [0, 0.1) is 5.82 Å². The highest BCUT2D eigenvalue weighted by molar-refractivity contribution is 6.42. The number of aliphatic hydroxyl groups is 1. The molecule has 2 aromatic rings. The molecule has 158 valence electrons. The van der Waals surface area contributed by atoms with Crippen molar-refractivity contribution in [3.8, 4) is 0 Å². The van der Waals surface area contributed by atoms with Gasteiger partial charge in [0.25, 0.3) is 5.91 Å². The van der Waals surface area contributed by atoms with Crippen LogP contribution in [-0.4, -0.2) is 16.9 Å². The number of rotatable bonds is 9. The minimum atomic E-state index is -0.536. The average Bonchev–Trinajstić information content (AvgIpc) is 3.04. The van der Waals surface area contributed by atoms with Crippen LogP contribution in [0.3, 0.4) is 0 Å². The van der Waals surface area contributed by atoms with Gasteiger partial charge in [-0.15, -0.1) is 0 Å². The summed E-state index contributed by atoms with van der Waals surface area (Å²) in [7, 11) is 0. The molecule has 1 heterocycles. The van der Waals surface area contributed by atoms with Gasteiger partial charge in [-0.3, -0.25) is 9.59 Å². The Kier molecular flexibility index (Phi) is 7.39. The Morgan fingerprint density at radius 1 is 0.933 bits per heavy atom. The van der Waals surface area contributed by atoms with Crippen molar-refractivity contribution in [1.82, 2.24) is 0 Å². The van der Waals surface area contributed by atoms with Gasteiger partial charge in [0, 0.05) is 17.5 Å². The predicted molar refractivity (Wildman–Crippen MR) is 117 cm³/mol. The lowest BCUT2D eigenvalue weighted by molar-refractivity contribution is -0.123. The summed E-state index contributed by atoms with van der Waals surface area (Å²) in [4.78, 5) is 27.1. The van der Waals surface area contributed by atoms with E-state index in [9.17, 15) is 19.1 Å². The zero-order chi connectivity index (χ0) is 21.5. The average molecular weight is 410 g/mol. The molecule has 2 amide bonds. The summed E-state index contributed by atoms with van der Waals surface area (Å²) in [5.41, 5.74) is 1.40. The molecular formula is C25H28FNO3. The Morgan fingerprint density at radius 2 is 1.57 bits per heavy atom. The van der Waals surface area contributed by atoms with Gasteiger partial charge in [-0.1, -0.05) is 63.6 Å². The van der Waals surface area contributed by atoms with Gasteiger partial charge in [-0.25, -0.2) is 9.29 Å². The van der Waals surface area contributed by atoms with Crippen LogP contribution in [0.2, 0.25) is 0 Å². The fourth-order valence-electron chi connectivity index (χ4n) is 3.79. The second kappa shape index (κ2) is 10.2. The van der Waals surface area contributed by atoms with Crippen LogP contribution in [0.15, 0.2) is 48.5 Å². The molecule has 0 unspecified atom stereocenters. The Balaban J connectivity index is 1.76. The molecule has 0 saturated carbocycles. The van der Waals surface area contributed by atoms with Crippen LogP contribution in [0.25, 0.3) is 11.3 Å². The van der Waals surface area contributed by atoms with E-state index in [1.165, 1.54) is 54.8 Å². The number of imide groups is 1. The first-order valence-corrected chi connectivity index (χ1v) is 10.7. The van der Waals surface area contributed by atoms with Crippen LogP contribution in [0.4, 0.5) is 10.1 Å². The van der Waals surface area contributed by atoms with E-state index in [1.54, 1.807) is 24.3 Å². The second-order valence-electron chi connectivity index (χ2n) is 7.65. The zero-order valence-corrected chi connectivity index (χ0v) is 17.4. The van der Waals surface area contributed by atoms with E-state index < -0.39 is 11.7 Å².